The number of hydrogen-bond donors (Lipinski definition) is 2. The van der Waals surface area contributed by atoms with Crippen LogP contribution in [0.2, 0.25) is 0 Å². The summed E-state index contributed by atoms with van der Waals surface area (Å²) in [6.07, 6.45) is 0. The van der Waals surface area contributed by atoms with Gasteiger partial charge in [0.1, 0.15) is 0 Å². The number of nitrogen functional groups attached to an aromatic ring is 1. The van der Waals surface area contributed by atoms with Crippen LogP contribution in [0.5, 0.6) is 0 Å². The van der Waals surface area contributed by atoms with E-state index < -0.39 is 0 Å². The highest BCUT2D eigenvalue weighted by atomic mass is 15.2. The Morgan fingerprint density at radius 2 is 2.20 bits per heavy atom. The molecule has 0 aliphatic carbocycles. The minimum absolute atomic E-state index is 0.108. The molecule has 1 aromatic carbocycles. The van der Waals surface area contributed by atoms with Crippen molar-refractivity contribution in [3.05, 3.63) is 18.2 Å². The molecule has 1 aliphatic heterocycles. The summed E-state index contributed by atoms with van der Waals surface area (Å²) in [4.78, 5) is 2.38. The van der Waals surface area contributed by atoms with E-state index in [1.807, 2.05) is 12.1 Å². The zero-order valence-electron chi connectivity index (χ0n) is 9.67. The molecule has 3 nitrogen and oxygen atoms in total. The lowest BCUT2D eigenvalue weighted by Gasteiger charge is -2.41. The molecule has 0 bridgehead atoms. The van der Waals surface area contributed by atoms with Gasteiger partial charge in [-0.05, 0) is 39.0 Å². The Morgan fingerprint density at radius 3 is 2.87 bits per heavy atom. The molecule has 1 heterocycles. The van der Waals surface area contributed by atoms with Crippen molar-refractivity contribution in [1.29, 1.82) is 0 Å². The van der Waals surface area contributed by atoms with E-state index in [1.54, 1.807) is 0 Å². The third-order valence-electron chi connectivity index (χ3n) is 2.80. The number of hydrogen-bond acceptors (Lipinski definition) is 3. The van der Waals surface area contributed by atoms with Gasteiger partial charge in [0.25, 0.3) is 0 Å². The SMILES string of the molecule is CCN1CC(C)(C)Nc2cc(N)ccc21. The first-order chi connectivity index (χ1) is 7.02. The summed E-state index contributed by atoms with van der Waals surface area (Å²) >= 11 is 0. The summed E-state index contributed by atoms with van der Waals surface area (Å²) in [7, 11) is 0. The van der Waals surface area contributed by atoms with Gasteiger partial charge in [-0.25, -0.2) is 0 Å². The van der Waals surface area contributed by atoms with E-state index in [4.69, 9.17) is 5.73 Å². The summed E-state index contributed by atoms with van der Waals surface area (Å²) in [5.41, 5.74) is 9.12. The standard InChI is InChI=1S/C12H19N3/c1-4-15-8-12(2,3)14-10-7-9(13)5-6-11(10)15/h5-7,14H,4,8,13H2,1-3H3. The number of anilines is 3. The van der Waals surface area contributed by atoms with Gasteiger partial charge in [0, 0.05) is 24.3 Å². The molecule has 15 heavy (non-hydrogen) atoms. The summed E-state index contributed by atoms with van der Waals surface area (Å²) in [6.45, 7) is 8.66. The van der Waals surface area contributed by atoms with E-state index in [9.17, 15) is 0 Å². The number of nitrogens with zero attached hydrogens (tertiary/aromatic N) is 1. The van der Waals surface area contributed by atoms with E-state index in [2.05, 4.69) is 37.1 Å². The molecule has 0 saturated heterocycles. The first-order valence-corrected chi connectivity index (χ1v) is 5.44. The van der Waals surface area contributed by atoms with Crippen LogP contribution in [0.4, 0.5) is 17.1 Å². The molecule has 0 aromatic heterocycles. The maximum atomic E-state index is 5.80. The second kappa shape index (κ2) is 3.33. The Kier molecular flexibility index (Phi) is 2.25. The summed E-state index contributed by atoms with van der Waals surface area (Å²) in [5.74, 6) is 0. The van der Waals surface area contributed by atoms with Crippen LogP contribution < -0.4 is 16.0 Å². The second-order valence-electron chi connectivity index (χ2n) is 4.80. The zero-order valence-corrected chi connectivity index (χ0v) is 9.67. The molecule has 0 unspecified atom stereocenters. The minimum atomic E-state index is 0.108. The minimum Gasteiger partial charge on any atom is -0.399 e. The van der Waals surface area contributed by atoms with Crippen LogP contribution in [0.15, 0.2) is 18.2 Å². The number of nitrogens with two attached hydrogens (primary N) is 1. The highest BCUT2D eigenvalue weighted by Crippen LogP contribution is 2.35. The Bertz CT molecular complexity index is 371. The van der Waals surface area contributed by atoms with Crippen LogP contribution in [0.1, 0.15) is 20.8 Å². The Morgan fingerprint density at radius 1 is 1.47 bits per heavy atom. The van der Waals surface area contributed by atoms with Crippen LogP contribution in [-0.4, -0.2) is 18.6 Å². The van der Waals surface area contributed by atoms with Crippen LogP contribution >= 0.6 is 0 Å². The fraction of sp³-hybridized carbons (Fsp3) is 0.500. The van der Waals surface area contributed by atoms with Crippen molar-refractivity contribution < 1.29 is 0 Å². The molecular formula is C12H19N3. The van der Waals surface area contributed by atoms with Crippen LogP contribution in [0.25, 0.3) is 0 Å². The van der Waals surface area contributed by atoms with Gasteiger partial charge in [0.15, 0.2) is 0 Å². The van der Waals surface area contributed by atoms with Gasteiger partial charge in [0.05, 0.1) is 11.4 Å². The summed E-state index contributed by atoms with van der Waals surface area (Å²) < 4.78 is 0. The third kappa shape index (κ3) is 1.87. The van der Waals surface area contributed by atoms with Crippen molar-refractivity contribution >= 4 is 17.1 Å². The maximum Gasteiger partial charge on any atom is 0.0604 e. The summed E-state index contributed by atoms with van der Waals surface area (Å²) in [5, 5.41) is 3.52. The molecule has 0 atom stereocenters. The van der Waals surface area contributed by atoms with Crippen molar-refractivity contribution in [2.75, 3.05) is 29.0 Å². The van der Waals surface area contributed by atoms with Crippen molar-refractivity contribution in [1.82, 2.24) is 0 Å². The van der Waals surface area contributed by atoms with Crippen molar-refractivity contribution in [2.24, 2.45) is 0 Å². The molecule has 0 spiro atoms. The quantitative estimate of drug-likeness (QED) is 0.691. The van der Waals surface area contributed by atoms with Crippen LogP contribution in [0.3, 0.4) is 0 Å². The van der Waals surface area contributed by atoms with Crippen molar-refractivity contribution in [3.8, 4) is 0 Å². The number of rotatable bonds is 1. The van der Waals surface area contributed by atoms with E-state index in [1.165, 1.54) is 5.69 Å². The first kappa shape index (κ1) is 10.1. The maximum absolute atomic E-state index is 5.80. The summed E-state index contributed by atoms with van der Waals surface area (Å²) in [6, 6.07) is 6.07. The fourth-order valence-electron chi connectivity index (χ4n) is 2.18. The fourth-order valence-corrected chi connectivity index (χ4v) is 2.18. The molecule has 0 radical (unpaired) electrons. The smallest absolute Gasteiger partial charge is 0.0604 e. The lowest BCUT2D eigenvalue weighted by molar-refractivity contribution is 0.537. The highest BCUT2D eigenvalue weighted by Gasteiger charge is 2.28. The van der Waals surface area contributed by atoms with Crippen molar-refractivity contribution in [3.63, 3.8) is 0 Å². The number of nitrogens with one attached hydrogen (secondary N) is 1. The van der Waals surface area contributed by atoms with Gasteiger partial charge in [-0.3, -0.25) is 0 Å². The topological polar surface area (TPSA) is 41.3 Å². The van der Waals surface area contributed by atoms with E-state index in [0.29, 0.717) is 0 Å². The average Bonchev–Trinajstić information content (AvgIpc) is 2.14. The van der Waals surface area contributed by atoms with E-state index >= 15 is 0 Å². The zero-order chi connectivity index (χ0) is 11.1. The Labute approximate surface area is 91.3 Å². The molecular weight excluding hydrogens is 186 g/mol. The molecule has 2 rings (SSSR count). The monoisotopic (exact) mass is 205 g/mol. The second-order valence-corrected chi connectivity index (χ2v) is 4.80. The van der Waals surface area contributed by atoms with Gasteiger partial charge >= 0.3 is 0 Å². The highest BCUT2D eigenvalue weighted by molar-refractivity contribution is 5.76. The average molecular weight is 205 g/mol. The molecule has 3 heteroatoms. The predicted octanol–water partition coefficient (Wildman–Crippen LogP) is 2.30. The molecule has 0 saturated carbocycles. The third-order valence-corrected chi connectivity index (χ3v) is 2.80. The van der Waals surface area contributed by atoms with E-state index in [-0.39, 0.29) is 5.54 Å². The normalized spacial score (nSPS) is 18.2. The Balaban J connectivity index is 2.44. The first-order valence-electron chi connectivity index (χ1n) is 5.44. The Hall–Kier alpha value is -1.38. The predicted molar refractivity (Wildman–Crippen MR) is 66.4 cm³/mol. The molecule has 1 aliphatic rings. The number of benzene rings is 1. The van der Waals surface area contributed by atoms with Crippen LogP contribution in [0, 0.1) is 0 Å². The van der Waals surface area contributed by atoms with Gasteiger partial charge < -0.3 is 16.0 Å². The van der Waals surface area contributed by atoms with Gasteiger partial charge in [-0.2, -0.15) is 0 Å². The van der Waals surface area contributed by atoms with Gasteiger partial charge in [-0.1, -0.05) is 0 Å². The van der Waals surface area contributed by atoms with Crippen molar-refractivity contribution in [2.45, 2.75) is 26.3 Å². The lowest BCUT2D eigenvalue weighted by atomic mass is 9.99. The molecule has 0 fully saturated rings. The van der Waals surface area contributed by atoms with Gasteiger partial charge in [-0.15, -0.1) is 0 Å². The molecule has 0 amide bonds. The van der Waals surface area contributed by atoms with E-state index in [0.717, 1.165) is 24.5 Å². The molecule has 82 valence electrons. The van der Waals surface area contributed by atoms with Gasteiger partial charge in [0.2, 0.25) is 0 Å². The largest absolute Gasteiger partial charge is 0.399 e. The lowest BCUT2D eigenvalue weighted by Crippen LogP contribution is -2.48. The molecule has 3 N–H and O–H groups in total. The molecule has 1 aromatic rings. The number of likely N-dealkylation sites (N-methyl/N-ethyl adjacent to an activating group) is 1. The van der Waals surface area contributed by atoms with Crippen LogP contribution in [-0.2, 0) is 0 Å². The number of fused-ring (bicyclic) bond motifs is 1.